The molecule has 1 aromatic rings. The summed E-state index contributed by atoms with van der Waals surface area (Å²) < 4.78 is 1.98. The number of nitrogens with two attached hydrogens (primary N) is 1. The third kappa shape index (κ3) is 5.62. The SMILES string of the molecule is CSCC[C@H](N)C(=O)NCc1cc2n(n1)CCCN(C(=O)C1CCC1)C2.Cl. The minimum atomic E-state index is -0.474. The van der Waals surface area contributed by atoms with Gasteiger partial charge in [-0.1, -0.05) is 6.42 Å². The zero-order valence-electron chi connectivity index (χ0n) is 15.9. The highest BCUT2D eigenvalue weighted by Crippen LogP contribution is 2.29. The number of aryl methyl sites for hydroxylation is 1. The Labute approximate surface area is 171 Å². The number of nitrogens with zero attached hydrogens (tertiary/aromatic N) is 3. The summed E-state index contributed by atoms with van der Waals surface area (Å²) in [5.41, 5.74) is 7.76. The van der Waals surface area contributed by atoms with E-state index in [1.165, 1.54) is 6.42 Å². The number of thioether (sulfide) groups is 1. The monoisotopic (exact) mass is 415 g/mol. The van der Waals surface area contributed by atoms with Crippen LogP contribution in [0.1, 0.15) is 43.5 Å². The third-order valence-corrected chi connectivity index (χ3v) is 5.89. The molecule has 3 rings (SSSR count). The first-order valence-corrected chi connectivity index (χ1v) is 10.8. The molecule has 0 spiro atoms. The Morgan fingerprint density at radius 3 is 2.81 bits per heavy atom. The van der Waals surface area contributed by atoms with Gasteiger partial charge in [0.05, 0.1) is 30.5 Å². The van der Waals surface area contributed by atoms with Crippen LogP contribution in [0.3, 0.4) is 0 Å². The average molecular weight is 416 g/mol. The number of carbonyl (C=O) groups excluding carboxylic acids is 2. The van der Waals surface area contributed by atoms with Crippen LogP contribution in [0.25, 0.3) is 0 Å². The topological polar surface area (TPSA) is 93.2 Å². The lowest BCUT2D eigenvalue weighted by Crippen LogP contribution is -2.40. The van der Waals surface area contributed by atoms with E-state index in [0.717, 1.165) is 49.5 Å². The number of fused-ring (bicyclic) bond motifs is 1. The maximum atomic E-state index is 12.5. The highest BCUT2D eigenvalue weighted by atomic mass is 35.5. The van der Waals surface area contributed by atoms with Crippen LogP contribution in [-0.2, 0) is 29.2 Å². The molecule has 2 heterocycles. The molecule has 1 saturated carbocycles. The van der Waals surface area contributed by atoms with Gasteiger partial charge >= 0.3 is 0 Å². The number of carbonyl (C=O) groups is 2. The molecule has 1 fully saturated rings. The number of nitrogens with one attached hydrogen (secondary N) is 1. The molecule has 0 radical (unpaired) electrons. The molecule has 0 unspecified atom stereocenters. The summed E-state index contributed by atoms with van der Waals surface area (Å²) in [5, 5.41) is 7.47. The lowest BCUT2D eigenvalue weighted by molar-refractivity contribution is -0.138. The average Bonchev–Trinajstić information content (AvgIpc) is 2.86. The van der Waals surface area contributed by atoms with Gasteiger partial charge in [-0.25, -0.2) is 0 Å². The molecular formula is C18H30ClN5O2S. The summed E-state index contributed by atoms with van der Waals surface area (Å²) in [6, 6.07) is 1.53. The minimum absolute atomic E-state index is 0. The molecule has 2 amide bonds. The number of rotatable bonds is 7. The van der Waals surface area contributed by atoms with E-state index in [2.05, 4.69) is 10.4 Å². The van der Waals surface area contributed by atoms with Gasteiger partial charge in [0.25, 0.3) is 0 Å². The first-order valence-electron chi connectivity index (χ1n) is 9.45. The Bertz CT molecular complexity index is 650. The predicted molar refractivity (Wildman–Crippen MR) is 110 cm³/mol. The van der Waals surface area contributed by atoms with Crippen molar-refractivity contribution in [2.45, 2.75) is 57.8 Å². The van der Waals surface area contributed by atoms with Crippen molar-refractivity contribution in [2.75, 3.05) is 18.6 Å². The summed E-state index contributed by atoms with van der Waals surface area (Å²) >= 11 is 1.68. The van der Waals surface area contributed by atoms with Crippen molar-refractivity contribution in [3.8, 4) is 0 Å². The first-order chi connectivity index (χ1) is 12.6. The highest BCUT2D eigenvalue weighted by molar-refractivity contribution is 7.98. The second kappa shape index (κ2) is 10.3. The molecule has 7 nitrogen and oxygen atoms in total. The van der Waals surface area contributed by atoms with Crippen molar-refractivity contribution in [3.05, 3.63) is 17.5 Å². The summed E-state index contributed by atoms with van der Waals surface area (Å²) in [4.78, 5) is 26.6. The van der Waals surface area contributed by atoms with Crippen LogP contribution in [0.2, 0.25) is 0 Å². The standard InChI is InChI=1S/C18H29N5O2S.ClH/c1-26-9-6-16(19)17(24)20-11-14-10-15-12-22(7-3-8-23(15)21-14)18(25)13-4-2-5-13;/h10,13,16H,2-9,11-12,19H2,1H3,(H,20,24);1H/t16-;/m0./s1. The molecule has 3 N–H and O–H groups in total. The zero-order valence-corrected chi connectivity index (χ0v) is 17.5. The van der Waals surface area contributed by atoms with E-state index < -0.39 is 6.04 Å². The van der Waals surface area contributed by atoms with Crippen LogP contribution in [-0.4, -0.2) is 51.1 Å². The molecule has 1 aliphatic heterocycles. The molecular weight excluding hydrogens is 386 g/mol. The molecule has 1 atom stereocenters. The van der Waals surface area contributed by atoms with Crippen LogP contribution < -0.4 is 11.1 Å². The van der Waals surface area contributed by atoms with E-state index in [9.17, 15) is 9.59 Å². The zero-order chi connectivity index (χ0) is 18.5. The number of hydrogen-bond donors (Lipinski definition) is 2. The van der Waals surface area contributed by atoms with Crippen molar-refractivity contribution in [1.29, 1.82) is 0 Å². The van der Waals surface area contributed by atoms with E-state index in [0.29, 0.717) is 25.4 Å². The van der Waals surface area contributed by atoms with Crippen LogP contribution >= 0.6 is 24.2 Å². The lowest BCUT2D eigenvalue weighted by Gasteiger charge is -2.30. The van der Waals surface area contributed by atoms with Crippen LogP contribution in [0.15, 0.2) is 6.07 Å². The third-order valence-electron chi connectivity index (χ3n) is 5.24. The number of halogens is 1. The molecule has 1 aromatic heterocycles. The van der Waals surface area contributed by atoms with Gasteiger partial charge in [0.1, 0.15) is 0 Å². The summed E-state index contributed by atoms with van der Waals surface area (Å²) in [7, 11) is 0. The molecule has 2 aliphatic rings. The predicted octanol–water partition coefficient (Wildman–Crippen LogP) is 1.53. The molecule has 9 heteroatoms. The first kappa shape index (κ1) is 22.0. The van der Waals surface area contributed by atoms with E-state index in [-0.39, 0.29) is 24.2 Å². The van der Waals surface area contributed by atoms with Crippen LogP contribution in [0.4, 0.5) is 0 Å². The molecule has 0 bridgehead atoms. The van der Waals surface area contributed by atoms with Crippen molar-refractivity contribution in [1.82, 2.24) is 20.0 Å². The number of amides is 2. The van der Waals surface area contributed by atoms with Gasteiger partial charge in [-0.05, 0) is 43.8 Å². The van der Waals surface area contributed by atoms with Gasteiger partial charge in [0.2, 0.25) is 11.8 Å². The van der Waals surface area contributed by atoms with E-state index >= 15 is 0 Å². The van der Waals surface area contributed by atoms with Gasteiger partial charge in [-0.3, -0.25) is 14.3 Å². The Morgan fingerprint density at radius 1 is 1.37 bits per heavy atom. The Morgan fingerprint density at radius 2 is 2.15 bits per heavy atom. The second-order valence-corrected chi connectivity index (χ2v) is 8.18. The maximum Gasteiger partial charge on any atom is 0.237 e. The van der Waals surface area contributed by atoms with Crippen molar-refractivity contribution in [3.63, 3.8) is 0 Å². The Kier molecular flexibility index (Phi) is 8.44. The fourth-order valence-corrected chi connectivity index (χ4v) is 3.88. The fourth-order valence-electron chi connectivity index (χ4n) is 3.39. The summed E-state index contributed by atoms with van der Waals surface area (Å²) in [5.74, 6) is 1.26. The van der Waals surface area contributed by atoms with Crippen molar-refractivity contribution in [2.24, 2.45) is 11.7 Å². The Balaban J connectivity index is 0.00000261. The lowest BCUT2D eigenvalue weighted by atomic mass is 9.84. The quantitative estimate of drug-likeness (QED) is 0.704. The van der Waals surface area contributed by atoms with Gasteiger partial charge in [0.15, 0.2) is 0 Å². The van der Waals surface area contributed by atoms with E-state index in [1.807, 2.05) is 21.9 Å². The molecule has 1 aliphatic carbocycles. The van der Waals surface area contributed by atoms with Crippen LogP contribution in [0.5, 0.6) is 0 Å². The summed E-state index contributed by atoms with van der Waals surface area (Å²) in [6.07, 6.45) is 6.82. The van der Waals surface area contributed by atoms with Gasteiger partial charge in [0, 0.05) is 19.0 Å². The van der Waals surface area contributed by atoms with Crippen molar-refractivity contribution < 1.29 is 9.59 Å². The fraction of sp³-hybridized carbons (Fsp3) is 0.722. The van der Waals surface area contributed by atoms with E-state index in [4.69, 9.17) is 5.73 Å². The maximum absolute atomic E-state index is 12.5. The largest absolute Gasteiger partial charge is 0.349 e. The second-order valence-electron chi connectivity index (χ2n) is 7.20. The Hall–Kier alpha value is -1.25. The minimum Gasteiger partial charge on any atom is -0.349 e. The number of aromatic nitrogens is 2. The van der Waals surface area contributed by atoms with Crippen molar-refractivity contribution >= 4 is 36.0 Å². The number of hydrogen-bond acceptors (Lipinski definition) is 5. The van der Waals surface area contributed by atoms with Gasteiger partial charge in [-0.15, -0.1) is 12.4 Å². The van der Waals surface area contributed by atoms with Crippen LogP contribution in [0, 0.1) is 5.92 Å². The highest BCUT2D eigenvalue weighted by Gasteiger charge is 2.30. The molecule has 0 saturated heterocycles. The van der Waals surface area contributed by atoms with E-state index in [1.54, 1.807) is 11.8 Å². The smallest absolute Gasteiger partial charge is 0.237 e. The summed E-state index contributed by atoms with van der Waals surface area (Å²) in [6.45, 7) is 2.60. The molecule has 0 aromatic carbocycles. The molecule has 152 valence electrons. The van der Waals surface area contributed by atoms with Gasteiger partial charge in [-0.2, -0.15) is 16.9 Å². The van der Waals surface area contributed by atoms with Gasteiger partial charge < -0.3 is 16.0 Å². The molecule has 27 heavy (non-hydrogen) atoms. The normalized spacial score (nSPS) is 17.9.